The van der Waals surface area contributed by atoms with Gasteiger partial charge in [-0.1, -0.05) is 54.3 Å². The molecule has 1 atom stereocenters. The van der Waals surface area contributed by atoms with Crippen LogP contribution < -0.4 is 19.7 Å². The first-order valence-corrected chi connectivity index (χ1v) is 13.1. The Bertz CT molecular complexity index is 1550. The van der Waals surface area contributed by atoms with Crippen molar-refractivity contribution in [1.82, 2.24) is 4.90 Å². The lowest BCUT2D eigenvalue weighted by Gasteiger charge is -2.27. The summed E-state index contributed by atoms with van der Waals surface area (Å²) >= 11 is 0. The summed E-state index contributed by atoms with van der Waals surface area (Å²) in [5.74, 6) is -1.32. The van der Waals surface area contributed by atoms with Gasteiger partial charge in [-0.25, -0.2) is 4.98 Å². The van der Waals surface area contributed by atoms with Crippen LogP contribution in [-0.4, -0.2) is 30.7 Å². The van der Waals surface area contributed by atoms with Crippen LogP contribution in [0, 0.1) is 6.92 Å². The fourth-order valence-electron chi connectivity index (χ4n) is 4.85. The number of carbonyl (C=O) groups is 2. The van der Waals surface area contributed by atoms with E-state index in [1.54, 1.807) is 36.7 Å². The van der Waals surface area contributed by atoms with Gasteiger partial charge < -0.3 is 19.6 Å². The maximum absolute atomic E-state index is 13.8. The number of amides is 1. The topological polar surface area (TPSA) is 87.0 Å². The van der Waals surface area contributed by atoms with Crippen LogP contribution in [0.4, 0.5) is 5.69 Å². The van der Waals surface area contributed by atoms with Crippen molar-refractivity contribution >= 4 is 23.1 Å². The summed E-state index contributed by atoms with van der Waals surface area (Å²) in [5.41, 5.74) is 4.98. The molecule has 0 spiro atoms. The Morgan fingerprint density at radius 3 is 2.33 bits per heavy atom. The molecule has 40 heavy (non-hydrogen) atoms. The molecule has 1 aliphatic rings. The van der Waals surface area contributed by atoms with Gasteiger partial charge in [0.05, 0.1) is 12.6 Å². The van der Waals surface area contributed by atoms with E-state index in [4.69, 9.17) is 4.74 Å². The minimum absolute atomic E-state index is 0.0453. The molecule has 1 fully saturated rings. The predicted molar refractivity (Wildman–Crippen MR) is 151 cm³/mol. The second-order valence-corrected chi connectivity index (χ2v) is 10.0. The molecule has 4 aromatic rings. The number of hydrogen-bond acceptors (Lipinski definition) is 5. The highest BCUT2D eigenvalue weighted by molar-refractivity contribution is 6.46. The molecule has 1 amide bonds. The number of rotatable bonds is 8. The summed E-state index contributed by atoms with van der Waals surface area (Å²) in [6.45, 7) is 2.62. The molecule has 0 aliphatic carbocycles. The molecule has 3 aromatic carbocycles. The average Bonchev–Trinajstić information content (AvgIpc) is 3.22. The number of anilines is 1. The third-order valence-electron chi connectivity index (χ3n) is 7.15. The number of Topliss-reactive ketones (excluding diaryl/α,β-unsaturated/α-hetero) is 1. The highest BCUT2D eigenvalue weighted by atomic mass is 16.5. The van der Waals surface area contributed by atoms with E-state index >= 15 is 0 Å². The van der Waals surface area contributed by atoms with Crippen LogP contribution >= 0.6 is 0 Å². The van der Waals surface area contributed by atoms with Crippen molar-refractivity contribution in [1.29, 1.82) is 0 Å². The van der Waals surface area contributed by atoms with Crippen molar-refractivity contribution in [2.75, 3.05) is 19.0 Å². The van der Waals surface area contributed by atoms with Crippen molar-refractivity contribution in [3.8, 4) is 5.75 Å². The second-order valence-electron chi connectivity index (χ2n) is 10.0. The smallest absolute Gasteiger partial charge is 0.295 e. The zero-order valence-corrected chi connectivity index (χ0v) is 22.8. The van der Waals surface area contributed by atoms with Crippen LogP contribution in [0.5, 0.6) is 5.75 Å². The number of nitrogens with zero attached hydrogens (tertiary/aromatic N) is 2. The van der Waals surface area contributed by atoms with Crippen molar-refractivity contribution < 1.29 is 24.4 Å². The summed E-state index contributed by atoms with van der Waals surface area (Å²) in [7, 11) is 3.87. The van der Waals surface area contributed by atoms with Gasteiger partial charge in [-0.3, -0.25) is 9.59 Å². The zero-order valence-electron chi connectivity index (χ0n) is 22.8. The van der Waals surface area contributed by atoms with Crippen molar-refractivity contribution in [3.63, 3.8) is 0 Å². The van der Waals surface area contributed by atoms with Crippen LogP contribution in [0.1, 0.15) is 33.9 Å². The van der Waals surface area contributed by atoms with Gasteiger partial charge in [0.25, 0.3) is 5.91 Å². The standard InChI is InChI=1S/C33H31N3O4/c1-22-7-4-5-9-26(22)21-40-28-16-12-25(13-17-28)31(37)29-30(24-10-14-27(15-11-24)35(2)3)36(33(39)32(29)38)20-23-8-6-18-34-19-23/h4-19,30,37H,20-21H2,1-3H3. The average molecular weight is 534 g/mol. The van der Waals surface area contributed by atoms with Crippen LogP contribution in [0.2, 0.25) is 0 Å². The molecule has 202 valence electrons. The summed E-state index contributed by atoms with van der Waals surface area (Å²) in [6, 6.07) is 25.2. The molecular weight excluding hydrogens is 502 g/mol. The lowest BCUT2D eigenvalue weighted by Crippen LogP contribution is -2.29. The molecule has 5 rings (SSSR count). The third kappa shape index (κ3) is 5.45. The number of nitrogens with one attached hydrogen (secondary N) is 1. The second kappa shape index (κ2) is 11.5. The Morgan fingerprint density at radius 1 is 0.950 bits per heavy atom. The first-order chi connectivity index (χ1) is 19.3. The number of ketones is 1. The molecule has 1 N–H and O–H groups in total. The van der Waals surface area contributed by atoms with Crippen molar-refractivity contribution in [3.05, 3.63) is 131 Å². The molecule has 1 aliphatic heterocycles. The minimum Gasteiger partial charge on any atom is -0.872 e. The summed E-state index contributed by atoms with van der Waals surface area (Å²) in [4.78, 5) is 33.1. The predicted octanol–water partition coefficient (Wildman–Crippen LogP) is 3.88. The van der Waals surface area contributed by atoms with E-state index < -0.39 is 23.5 Å². The molecule has 0 bridgehead atoms. The van der Waals surface area contributed by atoms with E-state index in [9.17, 15) is 14.7 Å². The number of aromatic nitrogens is 1. The lowest BCUT2D eigenvalue weighted by atomic mass is 9.95. The Morgan fingerprint density at radius 2 is 1.68 bits per heavy atom. The number of H-pyrrole nitrogens is 1. The number of pyridine rings is 1. The Labute approximate surface area is 234 Å². The van der Waals surface area contributed by atoms with Crippen molar-refractivity contribution in [2.24, 2.45) is 0 Å². The van der Waals surface area contributed by atoms with E-state index in [0.29, 0.717) is 23.5 Å². The highest BCUT2D eigenvalue weighted by Crippen LogP contribution is 2.40. The van der Waals surface area contributed by atoms with E-state index in [1.807, 2.05) is 86.6 Å². The fourth-order valence-corrected chi connectivity index (χ4v) is 4.85. The number of aryl methyl sites for hydroxylation is 1. The number of ether oxygens (including phenoxy) is 1. The Balaban J connectivity index is 1.48. The van der Waals surface area contributed by atoms with Gasteiger partial charge in [0.1, 0.15) is 12.4 Å². The molecule has 1 aromatic heterocycles. The quantitative estimate of drug-likeness (QED) is 0.195. The molecular formula is C33H31N3O4. The number of likely N-dealkylation sites (tertiary alicyclic amines) is 1. The number of carbonyl (C=O) groups excluding carboxylic acids is 2. The van der Waals surface area contributed by atoms with Gasteiger partial charge in [0.2, 0.25) is 5.78 Å². The molecule has 0 radical (unpaired) electrons. The molecule has 2 heterocycles. The van der Waals surface area contributed by atoms with Crippen LogP contribution in [0.25, 0.3) is 5.76 Å². The molecule has 0 saturated carbocycles. The first kappa shape index (κ1) is 26.7. The third-order valence-corrected chi connectivity index (χ3v) is 7.15. The summed E-state index contributed by atoms with van der Waals surface area (Å²) < 4.78 is 5.92. The molecule has 7 heteroatoms. The summed E-state index contributed by atoms with van der Waals surface area (Å²) in [6.07, 6.45) is 3.55. The lowest BCUT2D eigenvalue weighted by molar-refractivity contribution is -0.378. The van der Waals surface area contributed by atoms with Gasteiger partial charge in [0, 0.05) is 37.0 Å². The number of aromatic amines is 1. The minimum atomic E-state index is -0.805. The normalized spacial score (nSPS) is 16.3. The molecule has 7 nitrogen and oxygen atoms in total. The zero-order chi connectivity index (χ0) is 28.2. The van der Waals surface area contributed by atoms with Gasteiger partial charge in [-0.2, -0.15) is 0 Å². The van der Waals surface area contributed by atoms with Gasteiger partial charge in [0.15, 0.2) is 12.4 Å². The monoisotopic (exact) mass is 533 g/mol. The number of hydrogen-bond donors (Lipinski definition) is 0. The Kier molecular flexibility index (Phi) is 7.64. The molecule has 1 unspecified atom stereocenters. The van der Waals surface area contributed by atoms with Gasteiger partial charge in [-0.05, 0) is 59.5 Å². The summed E-state index contributed by atoms with van der Waals surface area (Å²) in [5, 5.41) is 13.8. The largest absolute Gasteiger partial charge is 0.872 e. The highest BCUT2D eigenvalue weighted by Gasteiger charge is 2.44. The van der Waals surface area contributed by atoms with Crippen LogP contribution in [0.15, 0.2) is 103 Å². The van der Waals surface area contributed by atoms with Crippen molar-refractivity contribution in [2.45, 2.75) is 26.1 Å². The van der Waals surface area contributed by atoms with E-state index in [1.165, 1.54) is 4.90 Å². The molecule has 1 saturated heterocycles. The number of benzene rings is 3. The van der Waals surface area contributed by atoms with E-state index in [-0.39, 0.29) is 12.1 Å². The first-order valence-electron chi connectivity index (χ1n) is 13.1. The Hall–Kier alpha value is -4.91. The maximum Gasteiger partial charge on any atom is 0.295 e. The van der Waals surface area contributed by atoms with Crippen LogP contribution in [-0.2, 0) is 22.7 Å². The van der Waals surface area contributed by atoms with E-state index in [2.05, 4.69) is 4.98 Å². The van der Waals surface area contributed by atoms with E-state index in [0.717, 1.165) is 22.4 Å². The van der Waals surface area contributed by atoms with Gasteiger partial charge >= 0.3 is 0 Å². The van der Waals surface area contributed by atoms with Crippen LogP contribution in [0.3, 0.4) is 0 Å². The van der Waals surface area contributed by atoms with Gasteiger partial charge in [-0.15, -0.1) is 0 Å². The fraction of sp³-hybridized carbons (Fsp3) is 0.182. The SMILES string of the molecule is Cc1ccccc1COc1ccc(C([O-])=C2C(=O)C(=O)N(Cc3ccc[nH+]c3)C2c2ccc(N(C)C)cc2)cc1. The maximum atomic E-state index is 13.8.